The van der Waals surface area contributed by atoms with Crippen LogP contribution in [0.25, 0.3) is 10.9 Å². The molecule has 0 radical (unpaired) electrons. The number of likely N-dealkylation sites (N-methyl/N-ethyl adjacent to an activating group) is 1. The van der Waals surface area contributed by atoms with Gasteiger partial charge in [-0.25, -0.2) is 4.79 Å². The van der Waals surface area contributed by atoms with Crippen molar-refractivity contribution in [2.75, 3.05) is 24.7 Å². The standard InChI is InChI=1S/C20H26N6O2/c1-14(2)11-25-8-7-15-9-16(5-6-18(15)25)22-20(28)23-17-10-21-26(12-17)13-19(27)24(3)4/h5-10,12,14H,11,13H2,1-4H3,(H2,22,23,28). The van der Waals surface area contributed by atoms with E-state index in [0.717, 1.165) is 17.4 Å². The van der Waals surface area contributed by atoms with Crippen molar-refractivity contribution in [1.29, 1.82) is 0 Å². The molecule has 8 nitrogen and oxygen atoms in total. The number of carbonyl (C=O) groups is 2. The second kappa shape index (κ2) is 8.16. The first kappa shape index (κ1) is 19.5. The molecule has 0 aliphatic rings. The van der Waals surface area contributed by atoms with Crippen LogP contribution < -0.4 is 10.6 Å². The first-order chi connectivity index (χ1) is 13.3. The van der Waals surface area contributed by atoms with E-state index < -0.39 is 0 Å². The molecule has 0 atom stereocenters. The normalized spacial score (nSPS) is 11.0. The van der Waals surface area contributed by atoms with E-state index >= 15 is 0 Å². The zero-order valence-corrected chi connectivity index (χ0v) is 16.6. The molecule has 2 heterocycles. The van der Waals surface area contributed by atoms with Crippen LogP contribution in [0, 0.1) is 5.92 Å². The highest BCUT2D eigenvalue weighted by molar-refractivity contribution is 6.00. The summed E-state index contributed by atoms with van der Waals surface area (Å²) in [6, 6.07) is 7.53. The number of rotatable bonds is 6. The van der Waals surface area contributed by atoms with E-state index in [4.69, 9.17) is 0 Å². The van der Waals surface area contributed by atoms with Crippen LogP contribution in [0.15, 0.2) is 42.9 Å². The van der Waals surface area contributed by atoms with Crippen molar-refractivity contribution in [3.8, 4) is 0 Å². The smallest absolute Gasteiger partial charge is 0.323 e. The molecule has 0 fully saturated rings. The van der Waals surface area contributed by atoms with Gasteiger partial charge in [-0.15, -0.1) is 0 Å². The molecule has 3 amide bonds. The minimum Gasteiger partial charge on any atom is -0.347 e. The Morgan fingerprint density at radius 2 is 1.89 bits per heavy atom. The number of fused-ring (bicyclic) bond motifs is 1. The molecular weight excluding hydrogens is 356 g/mol. The lowest BCUT2D eigenvalue weighted by molar-refractivity contribution is -0.129. The van der Waals surface area contributed by atoms with Crippen molar-refractivity contribution in [2.24, 2.45) is 5.92 Å². The Morgan fingerprint density at radius 3 is 2.61 bits per heavy atom. The van der Waals surface area contributed by atoms with Gasteiger partial charge in [0.15, 0.2) is 0 Å². The molecule has 3 aromatic rings. The predicted octanol–water partition coefficient (Wildman–Crippen LogP) is 3.23. The van der Waals surface area contributed by atoms with E-state index in [1.54, 1.807) is 20.3 Å². The average Bonchev–Trinajstić information content (AvgIpc) is 3.21. The molecule has 28 heavy (non-hydrogen) atoms. The SMILES string of the molecule is CC(C)Cn1ccc2cc(NC(=O)Nc3cnn(CC(=O)N(C)C)c3)ccc21. The average molecular weight is 382 g/mol. The van der Waals surface area contributed by atoms with Crippen molar-refractivity contribution < 1.29 is 9.59 Å². The summed E-state index contributed by atoms with van der Waals surface area (Å²) in [6.07, 6.45) is 5.20. The maximum absolute atomic E-state index is 12.3. The van der Waals surface area contributed by atoms with Gasteiger partial charge in [0.25, 0.3) is 0 Å². The van der Waals surface area contributed by atoms with Gasteiger partial charge in [-0.1, -0.05) is 13.8 Å². The van der Waals surface area contributed by atoms with Crippen molar-refractivity contribution in [2.45, 2.75) is 26.9 Å². The van der Waals surface area contributed by atoms with Crippen LogP contribution in [0.4, 0.5) is 16.2 Å². The fourth-order valence-electron chi connectivity index (χ4n) is 2.92. The Labute approximate surface area is 164 Å². The summed E-state index contributed by atoms with van der Waals surface area (Å²) in [7, 11) is 3.37. The highest BCUT2D eigenvalue weighted by Gasteiger charge is 2.10. The Hall–Kier alpha value is -3.29. The number of hydrogen-bond donors (Lipinski definition) is 2. The quantitative estimate of drug-likeness (QED) is 0.686. The fourth-order valence-corrected chi connectivity index (χ4v) is 2.92. The van der Waals surface area contributed by atoms with Gasteiger partial charge in [0.05, 0.1) is 11.9 Å². The van der Waals surface area contributed by atoms with Crippen molar-refractivity contribution >= 4 is 34.2 Å². The zero-order chi connectivity index (χ0) is 20.3. The number of nitrogens with one attached hydrogen (secondary N) is 2. The van der Waals surface area contributed by atoms with Crippen molar-refractivity contribution in [3.63, 3.8) is 0 Å². The van der Waals surface area contributed by atoms with E-state index in [0.29, 0.717) is 17.3 Å². The fraction of sp³-hybridized carbons (Fsp3) is 0.350. The van der Waals surface area contributed by atoms with Crippen LogP contribution >= 0.6 is 0 Å². The summed E-state index contributed by atoms with van der Waals surface area (Å²) < 4.78 is 3.70. The minimum absolute atomic E-state index is 0.0724. The van der Waals surface area contributed by atoms with Gasteiger partial charge in [-0.05, 0) is 30.2 Å². The lowest BCUT2D eigenvalue weighted by Crippen LogP contribution is -2.26. The Bertz CT molecular complexity index is 986. The lowest BCUT2D eigenvalue weighted by Gasteiger charge is -2.10. The number of amides is 3. The molecule has 2 N–H and O–H groups in total. The number of hydrogen-bond acceptors (Lipinski definition) is 3. The third-order valence-corrected chi connectivity index (χ3v) is 4.28. The second-order valence-electron chi connectivity index (χ2n) is 7.43. The number of aromatic nitrogens is 3. The third-order valence-electron chi connectivity index (χ3n) is 4.28. The van der Waals surface area contributed by atoms with Gasteiger partial charge in [-0.3, -0.25) is 9.48 Å². The van der Waals surface area contributed by atoms with Crippen LogP contribution in [-0.4, -0.2) is 45.3 Å². The first-order valence-electron chi connectivity index (χ1n) is 9.21. The summed E-state index contributed by atoms with van der Waals surface area (Å²) >= 11 is 0. The Balaban J connectivity index is 1.62. The number of nitrogens with zero attached hydrogens (tertiary/aromatic N) is 4. The van der Waals surface area contributed by atoms with Crippen molar-refractivity contribution in [1.82, 2.24) is 19.2 Å². The molecule has 3 rings (SSSR count). The van der Waals surface area contributed by atoms with Crippen LogP contribution in [-0.2, 0) is 17.9 Å². The summed E-state index contributed by atoms with van der Waals surface area (Å²) in [5.41, 5.74) is 2.38. The van der Waals surface area contributed by atoms with Gasteiger partial charge in [-0.2, -0.15) is 5.10 Å². The predicted molar refractivity (Wildman–Crippen MR) is 110 cm³/mol. The molecule has 0 aliphatic heterocycles. The largest absolute Gasteiger partial charge is 0.347 e. The van der Waals surface area contributed by atoms with Gasteiger partial charge in [0, 0.05) is 49.6 Å². The van der Waals surface area contributed by atoms with E-state index in [9.17, 15) is 9.59 Å². The minimum atomic E-state index is -0.362. The summed E-state index contributed by atoms with van der Waals surface area (Å²) in [5, 5.41) is 10.7. The molecular formula is C20H26N6O2. The van der Waals surface area contributed by atoms with Crippen LogP contribution in [0.1, 0.15) is 13.8 Å². The van der Waals surface area contributed by atoms with E-state index in [1.165, 1.54) is 15.8 Å². The summed E-state index contributed by atoms with van der Waals surface area (Å²) in [6.45, 7) is 5.45. The Morgan fingerprint density at radius 1 is 1.14 bits per heavy atom. The molecule has 0 spiro atoms. The Kier molecular flexibility index (Phi) is 5.67. The van der Waals surface area contributed by atoms with E-state index in [2.05, 4.69) is 40.3 Å². The highest BCUT2D eigenvalue weighted by Crippen LogP contribution is 2.21. The number of benzene rings is 1. The maximum atomic E-state index is 12.3. The molecule has 0 aliphatic carbocycles. The second-order valence-corrected chi connectivity index (χ2v) is 7.43. The highest BCUT2D eigenvalue weighted by atomic mass is 16.2. The summed E-state index contributed by atoms with van der Waals surface area (Å²) in [4.78, 5) is 25.5. The van der Waals surface area contributed by atoms with Gasteiger partial charge in [0.2, 0.25) is 5.91 Å². The van der Waals surface area contributed by atoms with Gasteiger partial charge >= 0.3 is 6.03 Å². The van der Waals surface area contributed by atoms with Crippen molar-refractivity contribution in [3.05, 3.63) is 42.9 Å². The molecule has 148 valence electrons. The molecule has 1 aromatic carbocycles. The van der Waals surface area contributed by atoms with Gasteiger partial charge in [0.1, 0.15) is 6.54 Å². The molecule has 0 saturated heterocycles. The molecule has 0 unspecified atom stereocenters. The van der Waals surface area contributed by atoms with E-state index in [1.807, 2.05) is 24.3 Å². The molecule has 0 saturated carbocycles. The number of urea groups is 1. The zero-order valence-electron chi connectivity index (χ0n) is 16.6. The van der Waals surface area contributed by atoms with Crippen LogP contribution in [0.3, 0.4) is 0 Å². The number of anilines is 2. The molecule has 2 aromatic heterocycles. The van der Waals surface area contributed by atoms with E-state index in [-0.39, 0.29) is 18.5 Å². The third kappa shape index (κ3) is 4.70. The van der Waals surface area contributed by atoms with Crippen LogP contribution in [0.2, 0.25) is 0 Å². The lowest BCUT2D eigenvalue weighted by atomic mass is 10.2. The molecule has 8 heteroatoms. The monoisotopic (exact) mass is 382 g/mol. The molecule has 0 bridgehead atoms. The topological polar surface area (TPSA) is 84.2 Å². The van der Waals surface area contributed by atoms with Gasteiger partial charge < -0.3 is 20.1 Å². The summed E-state index contributed by atoms with van der Waals surface area (Å²) in [5.74, 6) is 0.491. The maximum Gasteiger partial charge on any atom is 0.323 e. The van der Waals surface area contributed by atoms with Crippen LogP contribution in [0.5, 0.6) is 0 Å². The number of carbonyl (C=O) groups excluding carboxylic acids is 2. The first-order valence-corrected chi connectivity index (χ1v) is 9.21.